The van der Waals surface area contributed by atoms with Crippen LogP contribution in [0, 0.1) is 0 Å². The van der Waals surface area contributed by atoms with Gasteiger partial charge < -0.3 is 23.7 Å². The summed E-state index contributed by atoms with van der Waals surface area (Å²) >= 11 is 0. The molecule has 0 bridgehead atoms. The lowest BCUT2D eigenvalue weighted by Gasteiger charge is -2.28. The highest BCUT2D eigenvalue weighted by Gasteiger charge is 2.23. The van der Waals surface area contributed by atoms with E-state index in [1.807, 2.05) is 54.2 Å². The molecule has 7 rings (SSSR count). The first-order valence-corrected chi connectivity index (χ1v) is 12.2. The molecule has 0 spiro atoms. The van der Waals surface area contributed by atoms with Crippen LogP contribution < -0.4 is 14.4 Å². The minimum atomic E-state index is 0.474. The number of hydrogen-bond donors (Lipinski definition) is 0. The Morgan fingerprint density at radius 3 is 2.46 bits per heavy atom. The number of anilines is 1. The van der Waals surface area contributed by atoms with E-state index < -0.39 is 0 Å². The summed E-state index contributed by atoms with van der Waals surface area (Å²) < 4.78 is 20.7. The van der Waals surface area contributed by atoms with E-state index >= 15 is 0 Å². The largest absolute Gasteiger partial charge is 0.486 e. The van der Waals surface area contributed by atoms with E-state index in [0.29, 0.717) is 32.4 Å². The molecule has 5 aromatic rings. The predicted octanol–water partition coefficient (Wildman–Crippen LogP) is 2.89. The molecule has 0 radical (unpaired) electrons. The van der Waals surface area contributed by atoms with Gasteiger partial charge in [-0.1, -0.05) is 0 Å². The number of pyridine rings is 1. The van der Waals surface area contributed by atoms with Crippen molar-refractivity contribution in [2.24, 2.45) is 7.05 Å². The van der Waals surface area contributed by atoms with Crippen molar-refractivity contribution in [3.8, 4) is 40.1 Å². The van der Waals surface area contributed by atoms with Crippen LogP contribution in [0.1, 0.15) is 0 Å². The van der Waals surface area contributed by atoms with Crippen molar-refractivity contribution in [1.29, 1.82) is 0 Å². The number of morpholine rings is 1. The fraction of sp³-hybridized carbons (Fsp3) is 0.269. The van der Waals surface area contributed by atoms with Crippen LogP contribution in [-0.2, 0) is 11.8 Å². The third-order valence-electron chi connectivity index (χ3n) is 6.57. The highest BCUT2D eigenvalue weighted by Crippen LogP contribution is 2.34. The second-order valence-corrected chi connectivity index (χ2v) is 8.85. The molecule has 2 aliphatic rings. The highest BCUT2D eigenvalue weighted by atomic mass is 16.6. The van der Waals surface area contributed by atoms with Gasteiger partial charge in [0.05, 0.1) is 18.9 Å². The standard InChI is InChI=1S/C26H24N8O3/c1-32-23(17-4-7-27-8-5-17)28-22-24(32)29-26(30-25(22)33-10-12-35-13-11-33)34-9-6-19(31-34)18-2-3-20-21(16-18)37-15-14-36-20/h2-9,16H,10-15H2,1H3. The Labute approximate surface area is 212 Å². The lowest BCUT2D eigenvalue weighted by Crippen LogP contribution is -2.37. The second kappa shape index (κ2) is 8.86. The van der Waals surface area contributed by atoms with E-state index in [-0.39, 0.29) is 0 Å². The maximum atomic E-state index is 5.75. The summed E-state index contributed by atoms with van der Waals surface area (Å²) in [6.45, 7) is 3.84. The molecule has 0 saturated carbocycles. The van der Waals surface area contributed by atoms with Gasteiger partial charge in [0.1, 0.15) is 19.0 Å². The van der Waals surface area contributed by atoms with Gasteiger partial charge in [0.25, 0.3) is 5.95 Å². The Hall–Kier alpha value is -4.51. The minimum absolute atomic E-state index is 0.474. The Morgan fingerprint density at radius 2 is 1.62 bits per heavy atom. The molecule has 4 aromatic heterocycles. The Balaban J connectivity index is 1.33. The van der Waals surface area contributed by atoms with Gasteiger partial charge in [0.2, 0.25) is 0 Å². The summed E-state index contributed by atoms with van der Waals surface area (Å²) in [4.78, 5) is 21.1. The molecule has 0 atom stereocenters. The molecule has 11 heteroatoms. The maximum absolute atomic E-state index is 5.75. The average Bonchev–Trinajstić information content (AvgIpc) is 3.59. The summed E-state index contributed by atoms with van der Waals surface area (Å²) in [5.41, 5.74) is 4.16. The van der Waals surface area contributed by atoms with Gasteiger partial charge >= 0.3 is 0 Å². The second-order valence-electron chi connectivity index (χ2n) is 8.85. The number of rotatable bonds is 4. The summed E-state index contributed by atoms with van der Waals surface area (Å²) in [7, 11) is 1.97. The Morgan fingerprint density at radius 1 is 0.811 bits per heavy atom. The first kappa shape index (κ1) is 21.7. The topological polar surface area (TPSA) is 105 Å². The Bertz CT molecular complexity index is 1590. The van der Waals surface area contributed by atoms with Crippen molar-refractivity contribution in [3.63, 3.8) is 0 Å². The van der Waals surface area contributed by atoms with Crippen LogP contribution >= 0.6 is 0 Å². The summed E-state index contributed by atoms with van der Waals surface area (Å²) in [6.07, 6.45) is 5.40. The number of hydrogen-bond acceptors (Lipinski definition) is 9. The minimum Gasteiger partial charge on any atom is -0.486 e. The third kappa shape index (κ3) is 3.84. The van der Waals surface area contributed by atoms with Crippen LogP contribution in [0.5, 0.6) is 11.5 Å². The van der Waals surface area contributed by atoms with E-state index in [4.69, 9.17) is 34.3 Å². The highest BCUT2D eigenvalue weighted by molar-refractivity contribution is 5.87. The molecule has 0 unspecified atom stereocenters. The fourth-order valence-corrected chi connectivity index (χ4v) is 4.68. The third-order valence-corrected chi connectivity index (χ3v) is 6.57. The number of ether oxygens (including phenoxy) is 3. The molecule has 1 saturated heterocycles. The van der Waals surface area contributed by atoms with Crippen molar-refractivity contribution in [2.75, 3.05) is 44.4 Å². The maximum Gasteiger partial charge on any atom is 0.254 e. The molecule has 11 nitrogen and oxygen atoms in total. The molecule has 37 heavy (non-hydrogen) atoms. The number of aryl methyl sites for hydroxylation is 1. The molecule has 1 aromatic carbocycles. The van der Waals surface area contributed by atoms with Crippen molar-refractivity contribution in [1.82, 2.24) is 34.3 Å². The van der Waals surface area contributed by atoms with Gasteiger partial charge in [-0.3, -0.25) is 4.98 Å². The molecule has 0 N–H and O–H groups in total. The van der Waals surface area contributed by atoms with Gasteiger partial charge in [-0.25, -0.2) is 9.67 Å². The first-order chi connectivity index (χ1) is 18.2. The van der Waals surface area contributed by atoms with Gasteiger partial charge in [-0.05, 0) is 36.4 Å². The summed E-state index contributed by atoms with van der Waals surface area (Å²) in [6, 6.07) is 11.7. The summed E-state index contributed by atoms with van der Waals surface area (Å²) in [5.74, 6) is 3.53. The van der Waals surface area contributed by atoms with Gasteiger partial charge in [-0.15, -0.1) is 0 Å². The quantitative estimate of drug-likeness (QED) is 0.371. The van der Waals surface area contributed by atoms with E-state index in [2.05, 4.69) is 9.88 Å². The molecule has 1 fully saturated rings. The SMILES string of the molecule is Cn1c(-c2ccncc2)nc2c(N3CCOCC3)nc(-n3ccc(-c4ccc5c(c4)OCCO5)n3)nc21. The molecular formula is C26H24N8O3. The zero-order chi connectivity index (χ0) is 24.8. The molecule has 0 aliphatic carbocycles. The average molecular weight is 497 g/mol. The van der Waals surface area contributed by atoms with E-state index in [9.17, 15) is 0 Å². The van der Waals surface area contributed by atoms with E-state index in [1.54, 1.807) is 17.1 Å². The van der Waals surface area contributed by atoms with E-state index in [0.717, 1.165) is 64.2 Å². The molecule has 186 valence electrons. The van der Waals surface area contributed by atoms with Crippen LogP contribution in [-0.4, -0.2) is 73.8 Å². The molecule has 6 heterocycles. The van der Waals surface area contributed by atoms with E-state index in [1.165, 1.54) is 0 Å². The number of aromatic nitrogens is 7. The van der Waals surface area contributed by atoms with Crippen molar-refractivity contribution in [3.05, 3.63) is 55.0 Å². The zero-order valence-electron chi connectivity index (χ0n) is 20.2. The lowest BCUT2D eigenvalue weighted by atomic mass is 10.1. The van der Waals surface area contributed by atoms with Crippen LogP contribution in [0.4, 0.5) is 5.82 Å². The summed E-state index contributed by atoms with van der Waals surface area (Å²) in [5, 5.41) is 4.80. The van der Waals surface area contributed by atoms with Crippen molar-refractivity contribution >= 4 is 17.0 Å². The monoisotopic (exact) mass is 496 g/mol. The molecule has 0 amide bonds. The first-order valence-electron chi connectivity index (χ1n) is 12.2. The van der Waals surface area contributed by atoms with Crippen LogP contribution in [0.2, 0.25) is 0 Å². The van der Waals surface area contributed by atoms with Crippen LogP contribution in [0.15, 0.2) is 55.0 Å². The molecular weight excluding hydrogens is 472 g/mol. The van der Waals surface area contributed by atoms with Gasteiger partial charge in [0, 0.05) is 49.9 Å². The normalized spacial score (nSPS) is 15.3. The molecule has 2 aliphatic heterocycles. The zero-order valence-corrected chi connectivity index (χ0v) is 20.2. The number of fused-ring (bicyclic) bond motifs is 2. The number of benzene rings is 1. The number of nitrogens with zero attached hydrogens (tertiary/aromatic N) is 8. The van der Waals surface area contributed by atoms with Gasteiger partial charge in [0.15, 0.2) is 28.5 Å². The lowest BCUT2D eigenvalue weighted by molar-refractivity contribution is 0.122. The number of imidazole rings is 1. The van der Waals surface area contributed by atoms with Crippen molar-refractivity contribution in [2.45, 2.75) is 0 Å². The van der Waals surface area contributed by atoms with Crippen molar-refractivity contribution < 1.29 is 14.2 Å². The smallest absolute Gasteiger partial charge is 0.254 e. The predicted molar refractivity (Wildman–Crippen MR) is 136 cm³/mol. The fourth-order valence-electron chi connectivity index (χ4n) is 4.68. The van der Waals surface area contributed by atoms with Crippen LogP contribution in [0.3, 0.4) is 0 Å². The Kier molecular flexibility index (Phi) is 5.21. The van der Waals surface area contributed by atoms with Crippen LogP contribution in [0.25, 0.3) is 39.8 Å². The van der Waals surface area contributed by atoms with Gasteiger partial charge in [-0.2, -0.15) is 15.1 Å².